The van der Waals surface area contributed by atoms with E-state index in [1.165, 1.54) is 5.56 Å². The van der Waals surface area contributed by atoms with Gasteiger partial charge in [0.15, 0.2) is 0 Å². The average Bonchev–Trinajstić information content (AvgIpc) is 3.14. The van der Waals surface area contributed by atoms with Crippen LogP contribution in [0.4, 0.5) is 0 Å². The quantitative estimate of drug-likeness (QED) is 0.827. The summed E-state index contributed by atoms with van der Waals surface area (Å²) in [6, 6.07) is 10.7. The molecule has 4 heteroatoms. The number of rotatable bonds is 6. The second-order valence-electron chi connectivity index (χ2n) is 7.42. The van der Waals surface area contributed by atoms with E-state index in [4.69, 9.17) is 4.74 Å². The highest BCUT2D eigenvalue weighted by atomic mass is 16.5. The van der Waals surface area contributed by atoms with Gasteiger partial charge in [0.1, 0.15) is 0 Å². The van der Waals surface area contributed by atoms with Crippen LogP contribution in [0.25, 0.3) is 0 Å². The van der Waals surface area contributed by atoms with E-state index in [1.807, 2.05) is 0 Å². The fourth-order valence-electron chi connectivity index (χ4n) is 3.99. The van der Waals surface area contributed by atoms with Gasteiger partial charge in [-0.2, -0.15) is 0 Å². The molecule has 2 aliphatic heterocycles. The minimum Gasteiger partial charge on any atom is -0.376 e. The van der Waals surface area contributed by atoms with Crippen molar-refractivity contribution in [3.63, 3.8) is 0 Å². The van der Waals surface area contributed by atoms with Gasteiger partial charge in [0.25, 0.3) is 0 Å². The van der Waals surface area contributed by atoms with Gasteiger partial charge in [0.05, 0.1) is 25.7 Å². The van der Waals surface area contributed by atoms with Gasteiger partial charge in [-0.05, 0) is 18.4 Å². The van der Waals surface area contributed by atoms with Crippen LogP contribution in [0.1, 0.15) is 44.1 Å². The average molecular weight is 331 g/mol. The van der Waals surface area contributed by atoms with Crippen LogP contribution in [0.2, 0.25) is 0 Å². The van der Waals surface area contributed by atoms with Crippen molar-refractivity contribution in [1.29, 1.82) is 0 Å². The van der Waals surface area contributed by atoms with Gasteiger partial charge in [0.2, 0.25) is 5.91 Å². The molecule has 0 spiro atoms. The van der Waals surface area contributed by atoms with E-state index >= 15 is 0 Å². The normalized spacial score (nSPS) is 28.5. The van der Waals surface area contributed by atoms with E-state index in [0.717, 1.165) is 51.9 Å². The molecule has 2 saturated heterocycles. The molecule has 24 heavy (non-hydrogen) atoms. The number of likely N-dealkylation sites (tertiary alicyclic amines) is 1. The predicted molar refractivity (Wildman–Crippen MR) is 95.1 cm³/mol. The van der Waals surface area contributed by atoms with Gasteiger partial charge < -0.3 is 15.0 Å². The number of carbonyl (C=O) groups excluding carboxylic acids is 1. The molecule has 2 atom stereocenters. The summed E-state index contributed by atoms with van der Waals surface area (Å²) in [5.74, 6) is 1.01. The molecule has 1 aromatic carbocycles. The van der Waals surface area contributed by atoms with Crippen LogP contribution < -0.4 is 10.2 Å². The molecule has 0 radical (unpaired) electrons. The van der Waals surface area contributed by atoms with Crippen LogP contribution in [0, 0.1) is 5.92 Å². The third-order valence-corrected chi connectivity index (χ3v) is 5.55. The van der Waals surface area contributed by atoms with E-state index < -0.39 is 0 Å². The van der Waals surface area contributed by atoms with E-state index in [9.17, 15) is 4.79 Å². The number of ether oxygens (including phenoxy) is 1. The fourth-order valence-corrected chi connectivity index (χ4v) is 3.99. The topological polar surface area (TPSA) is 42.8 Å². The Labute approximate surface area is 145 Å². The van der Waals surface area contributed by atoms with E-state index in [0.29, 0.717) is 12.5 Å². The third-order valence-electron chi connectivity index (χ3n) is 5.55. The molecule has 1 aromatic rings. The highest BCUT2D eigenvalue weighted by Crippen LogP contribution is 2.15. The van der Waals surface area contributed by atoms with Crippen molar-refractivity contribution < 1.29 is 14.4 Å². The Bertz CT molecular complexity index is 506. The minimum atomic E-state index is 0.196. The summed E-state index contributed by atoms with van der Waals surface area (Å²) >= 11 is 0. The number of quaternary nitrogens is 1. The van der Waals surface area contributed by atoms with Crippen molar-refractivity contribution in [2.24, 2.45) is 5.92 Å². The van der Waals surface area contributed by atoms with Crippen molar-refractivity contribution in [2.45, 2.75) is 44.6 Å². The Kier molecular flexibility index (Phi) is 6.27. The van der Waals surface area contributed by atoms with Crippen LogP contribution in [-0.2, 0) is 9.53 Å². The second kappa shape index (κ2) is 8.63. The van der Waals surface area contributed by atoms with Gasteiger partial charge in [0, 0.05) is 37.8 Å². The summed E-state index contributed by atoms with van der Waals surface area (Å²) < 4.78 is 5.57. The highest BCUT2D eigenvalue weighted by Gasteiger charge is 2.29. The Morgan fingerprint density at radius 1 is 1.25 bits per heavy atom. The molecular formula is C20H31N2O2+. The van der Waals surface area contributed by atoms with Crippen LogP contribution in [0.15, 0.2) is 30.3 Å². The van der Waals surface area contributed by atoms with Gasteiger partial charge in [-0.15, -0.1) is 0 Å². The Hall–Kier alpha value is -1.39. The SMILES string of the molecule is C[C@H](C[NH+]1CCC(C(=O)NC[C@@H]2CCCO2)CC1)c1ccccc1. The zero-order chi connectivity index (χ0) is 16.8. The monoisotopic (exact) mass is 331 g/mol. The molecule has 0 aliphatic carbocycles. The number of benzene rings is 1. The number of piperidine rings is 1. The van der Waals surface area contributed by atoms with Crippen molar-refractivity contribution in [2.75, 3.05) is 32.8 Å². The molecule has 2 fully saturated rings. The molecular weight excluding hydrogens is 300 g/mol. The zero-order valence-corrected chi connectivity index (χ0v) is 14.8. The summed E-state index contributed by atoms with van der Waals surface area (Å²) in [6.07, 6.45) is 4.47. The lowest BCUT2D eigenvalue weighted by atomic mass is 9.94. The molecule has 2 aliphatic rings. The van der Waals surface area contributed by atoms with Gasteiger partial charge in [-0.25, -0.2) is 0 Å². The lowest BCUT2D eigenvalue weighted by Gasteiger charge is -2.30. The van der Waals surface area contributed by atoms with Crippen LogP contribution >= 0.6 is 0 Å². The Morgan fingerprint density at radius 3 is 2.67 bits per heavy atom. The number of nitrogens with one attached hydrogen (secondary N) is 2. The standard InChI is InChI=1S/C20H30N2O2/c1-16(17-6-3-2-4-7-17)15-22-11-9-18(10-12-22)20(23)21-14-19-8-5-13-24-19/h2-4,6-7,16,18-19H,5,8-15H2,1H3,(H,21,23)/p+1/t16-,19+/m1/s1. The van der Waals surface area contributed by atoms with Crippen LogP contribution in [0.3, 0.4) is 0 Å². The van der Waals surface area contributed by atoms with Gasteiger partial charge in [-0.1, -0.05) is 37.3 Å². The molecule has 0 unspecified atom stereocenters. The molecule has 4 nitrogen and oxygen atoms in total. The van der Waals surface area contributed by atoms with Crippen molar-refractivity contribution >= 4 is 5.91 Å². The first kappa shape index (κ1) is 17.4. The van der Waals surface area contributed by atoms with Crippen molar-refractivity contribution in [1.82, 2.24) is 5.32 Å². The van der Waals surface area contributed by atoms with Crippen molar-refractivity contribution in [3.05, 3.63) is 35.9 Å². The molecule has 3 rings (SSSR count). The Morgan fingerprint density at radius 2 is 2.00 bits per heavy atom. The molecule has 2 N–H and O–H groups in total. The summed E-state index contributed by atoms with van der Waals surface area (Å²) in [6.45, 7) is 7.22. The maximum absolute atomic E-state index is 12.3. The molecule has 132 valence electrons. The number of hydrogen-bond donors (Lipinski definition) is 2. The van der Waals surface area contributed by atoms with Crippen LogP contribution in [0.5, 0.6) is 0 Å². The van der Waals surface area contributed by atoms with Crippen molar-refractivity contribution in [3.8, 4) is 0 Å². The summed E-state index contributed by atoms with van der Waals surface area (Å²) in [5, 5.41) is 3.10. The van der Waals surface area contributed by atoms with E-state index in [-0.39, 0.29) is 17.9 Å². The molecule has 0 bridgehead atoms. The van der Waals surface area contributed by atoms with Crippen LogP contribution in [-0.4, -0.2) is 44.8 Å². The zero-order valence-electron chi connectivity index (χ0n) is 14.8. The van der Waals surface area contributed by atoms with E-state index in [2.05, 4.69) is 42.6 Å². The smallest absolute Gasteiger partial charge is 0.223 e. The number of carbonyl (C=O) groups is 1. The maximum Gasteiger partial charge on any atom is 0.223 e. The maximum atomic E-state index is 12.3. The summed E-state index contributed by atoms with van der Waals surface area (Å²) in [7, 11) is 0. The molecule has 0 aromatic heterocycles. The molecule has 0 saturated carbocycles. The lowest BCUT2D eigenvalue weighted by molar-refractivity contribution is -0.907. The third kappa shape index (κ3) is 4.81. The fraction of sp³-hybridized carbons (Fsp3) is 0.650. The number of hydrogen-bond acceptors (Lipinski definition) is 2. The molecule has 2 heterocycles. The van der Waals surface area contributed by atoms with Gasteiger partial charge >= 0.3 is 0 Å². The molecule has 1 amide bonds. The lowest BCUT2D eigenvalue weighted by Crippen LogP contribution is -3.13. The summed E-state index contributed by atoms with van der Waals surface area (Å²) in [5.41, 5.74) is 1.42. The first-order valence-electron chi connectivity index (χ1n) is 9.50. The Balaban J connectivity index is 1.38. The first-order chi connectivity index (χ1) is 11.7. The van der Waals surface area contributed by atoms with E-state index in [1.54, 1.807) is 4.90 Å². The first-order valence-corrected chi connectivity index (χ1v) is 9.50. The summed E-state index contributed by atoms with van der Waals surface area (Å²) in [4.78, 5) is 14.0. The predicted octanol–water partition coefficient (Wildman–Crippen LogP) is 1.38. The number of amides is 1. The highest BCUT2D eigenvalue weighted by molar-refractivity contribution is 5.78. The minimum absolute atomic E-state index is 0.196. The second-order valence-corrected chi connectivity index (χ2v) is 7.42. The largest absolute Gasteiger partial charge is 0.376 e. The van der Waals surface area contributed by atoms with Gasteiger partial charge in [-0.3, -0.25) is 4.79 Å².